The molecule has 0 radical (unpaired) electrons. The van der Waals surface area contributed by atoms with E-state index in [-0.39, 0.29) is 29.4 Å². The van der Waals surface area contributed by atoms with Crippen molar-refractivity contribution in [3.63, 3.8) is 0 Å². The number of carbonyl (C=O) groups excluding carboxylic acids is 2. The Balaban J connectivity index is 1.48. The number of nitrogens with one attached hydrogen (secondary N) is 1. The number of ether oxygens (including phenoxy) is 1. The summed E-state index contributed by atoms with van der Waals surface area (Å²) >= 11 is 0. The van der Waals surface area contributed by atoms with Crippen LogP contribution in [0.1, 0.15) is 125 Å². The summed E-state index contributed by atoms with van der Waals surface area (Å²) in [6.07, 6.45) is 11.5. The first-order chi connectivity index (χ1) is 24.3. The van der Waals surface area contributed by atoms with E-state index in [9.17, 15) is 9.59 Å². The molecule has 3 aromatic heterocycles. The largest absolute Gasteiger partial charge is 0.364 e. The Kier molecular flexibility index (Phi) is 12.9. The summed E-state index contributed by atoms with van der Waals surface area (Å²) in [6.45, 7) is 15.6. The molecule has 2 fully saturated rings. The first kappa shape index (κ1) is 38.8. The minimum atomic E-state index is -1.23. The van der Waals surface area contributed by atoms with E-state index in [1.165, 1.54) is 17.5 Å². The van der Waals surface area contributed by atoms with Crippen LogP contribution in [0.3, 0.4) is 0 Å². The summed E-state index contributed by atoms with van der Waals surface area (Å²) in [5.41, 5.74) is 9.03. The molecule has 3 heterocycles. The number of nitrogens with two attached hydrogens (primary N) is 1. The van der Waals surface area contributed by atoms with Gasteiger partial charge in [0.05, 0.1) is 11.6 Å². The molecule has 13 heteroatoms. The van der Waals surface area contributed by atoms with Crippen LogP contribution in [0.15, 0.2) is 12.1 Å². The Hall–Kier alpha value is -3.45. The molecule has 3 N–H and O–H groups in total. The molecule has 2 aliphatic rings. The Bertz CT molecular complexity index is 1630. The second-order valence-corrected chi connectivity index (χ2v) is 21.8. The fourth-order valence-corrected chi connectivity index (χ4v) is 9.19. The second-order valence-electron chi connectivity index (χ2n) is 16.2. The maximum absolute atomic E-state index is 16.0. The summed E-state index contributed by atoms with van der Waals surface area (Å²) in [5, 5.41) is 16.5. The highest BCUT2D eigenvalue weighted by molar-refractivity contribution is 6.76. The van der Waals surface area contributed by atoms with Gasteiger partial charge in [-0.1, -0.05) is 96.0 Å². The van der Waals surface area contributed by atoms with Gasteiger partial charge >= 0.3 is 0 Å². The van der Waals surface area contributed by atoms with Gasteiger partial charge in [0.1, 0.15) is 18.2 Å². The van der Waals surface area contributed by atoms with Crippen molar-refractivity contribution in [2.75, 3.05) is 11.9 Å². The third-order valence-corrected chi connectivity index (χ3v) is 12.6. The number of anilines is 1. The molecular formula is C38H59FN8O3Si. The summed E-state index contributed by atoms with van der Waals surface area (Å²) in [6, 6.07) is 4.18. The van der Waals surface area contributed by atoms with E-state index in [4.69, 9.17) is 15.6 Å². The van der Waals surface area contributed by atoms with Gasteiger partial charge in [0, 0.05) is 37.5 Å². The molecule has 1 unspecified atom stereocenters. The molecule has 5 rings (SSSR count). The minimum Gasteiger partial charge on any atom is -0.364 e. The number of primary amides is 1. The summed E-state index contributed by atoms with van der Waals surface area (Å²) in [4.78, 5) is 31.9. The van der Waals surface area contributed by atoms with E-state index < -0.39 is 25.8 Å². The van der Waals surface area contributed by atoms with Gasteiger partial charge in [0.15, 0.2) is 5.69 Å². The number of pyridine rings is 1. The first-order valence-electron chi connectivity index (χ1n) is 19.2. The standard InChI is InChI=1S/C38H59FN8O3Si/c1-8-29-31(25(4)44-46(29)23-50-21-22-51(5,6)7)28-19-20-30(41-36(28)39)42-38(49)33(34-35(37(40)48)47(24(2)3)45-43-34)32(26-15-11-9-12-16-26)27-17-13-10-14-18-27/h19-20,24,26-27,32-33H,8-18,21-23H2,1-7H3,(H2,40,48)(H,41,42,49). The zero-order valence-corrected chi connectivity index (χ0v) is 32.8. The van der Waals surface area contributed by atoms with Gasteiger partial charge in [-0.3, -0.25) is 9.59 Å². The van der Waals surface area contributed by atoms with Crippen molar-refractivity contribution in [2.24, 2.45) is 23.5 Å². The maximum Gasteiger partial charge on any atom is 0.268 e. The van der Waals surface area contributed by atoms with Crippen molar-refractivity contribution in [3.05, 3.63) is 40.9 Å². The average molecular weight is 723 g/mol. The van der Waals surface area contributed by atoms with Gasteiger partial charge < -0.3 is 15.8 Å². The molecular weight excluding hydrogens is 664 g/mol. The third kappa shape index (κ3) is 9.14. The predicted octanol–water partition coefficient (Wildman–Crippen LogP) is 8.04. The van der Waals surface area contributed by atoms with Crippen molar-refractivity contribution in [2.45, 2.75) is 143 Å². The predicted molar refractivity (Wildman–Crippen MR) is 201 cm³/mol. The monoisotopic (exact) mass is 722 g/mol. The van der Waals surface area contributed by atoms with E-state index in [0.717, 1.165) is 63.1 Å². The number of aromatic nitrogens is 6. The maximum atomic E-state index is 16.0. The average Bonchev–Trinajstić information content (AvgIpc) is 3.67. The second kappa shape index (κ2) is 16.9. The smallest absolute Gasteiger partial charge is 0.268 e. The molecule has 280 valence electrons. The van der Waals surface area contributed by atoms with Gasteiger partial charge in [0.25, 0.3) is 5.91 Å². The molecule has 0 aliphatic heterocycles. The number of rotatable bonds is 15. The summed E-state index contributed by atoms with van der Waals surface area (Å²) in [7, 11) is -1.23. The molecule has 0 spiro atoms. The van der Waals surface area contributed by atoms with Crippen LogP contribution in [0.4, 0.5) is 10.2 Å². The number of hydrogen-bond donors (Lipinski definition) is 2. The van der Waals surface area contributed by atoms with E-state index in [1.807, 2.05) is 32.4 Å². The van der Waals surface area contributed by atoms with Crippen molar-refractivity contribution in [1.29, 1.82) is 0 Å². The van der Waals surface area contributed by atoms with Crippen molar-refractivity contribution in [3.8, 4) is 11.1 Å². The zero-order valence-electron chi connectivity index (χ0n) is 31.8. The lowest BCUT2D eigenvalue weighted by atomic mass is 9.63. The fourth-order valence-electron chi connectivity index (χ4n) is 8.43. The van der Waals surface area contributed by atoms with Crippen molar-refractivity contribution < 1.29 is 18.7 Å². The highest BCUT2D eigenvalue weighted by Gasteiger charge is 2.44. The van der Waals surface area contributed by atoms with Crippen molar-refractivity contribution >= 4 is 25.7 Å². The minimum absolute atomic E-state index is 0.0568. The van der Waals surface area contributed by atoms with E-state index in [2.05, 4.69) is 40.3 Å². The molecule has 2 amide bonds. The lowest BCUT2D eigenvalue weighted by Gasteiger charge is -2.41. The Morgan fingerprint density at radius 3 is 2.20 bits per heavy atom. The van der Waals surface area contributed by atoms with Crippen LogP contribution in [0.25, 0.3) is 11.1 Å². The van der Waals surface area contributed by atoms with Gasteiger partial charge in [-0.25, -0.2) is 14.3 Å². The van der Waals surface area contributed by atoms with E-state index in [1.54, 1.807) is 12.1 Å². The van der Waals surface area contributed by atoms with Gasteiger partial charge in [-0.05, 0) is 63.1 Å². The molecule has 0 saturated heterocycles. The molecule has 11 nitrogen and oxygen atoms in total. The van der Waals surface area contributed by atoms with Crippen molar-refractivity contribution in [1.82, 2.24) is 29.8 Å². The number of halogens is 1. The molecule has 3 aromatic rings. The number of carbonyl (C=O) groups is 2. The normalized spacial score (nSPS) is 17.0. The number of nitrogens with zero attached hydrogens (tertiary/aromatic N) is 6. The quantitative estimate of drug-likeness (QED) is 0.0919. The molecule has 2 aliphatic carbocycles. The van der Waals surface area contributed by atoms with E-state index >= 15 is 4.39 Å². The van der Waals surface area contributed by atoms with Gasteiger partial charge in [0.2, 0.25) is 11.9 Å². The molecule has 1 atom stereocenters. The van der Waals surface area contributed by atoms with Crippen LogP contribution < -0.4 is 11.1 Å². The molecule has 0 aromatic carbocycles. The van der Waals surface area contributed by atoms with Crippen LogP contribution in [0.5, 0.6) is 0 Å². The van der Waals surface area contributed by atoms with Crippen LogP contribution in [-0.2, 0) is 22.7 Å². The first-order valence-corrected chi connectivity index (χ1v) is 22.9. The fraction of sp³-hybridized carbons (Fsp3) is 0.684. The Morgan fingerprint density at radius 2 is 1.67 bits per heavy atom. The number of hydrogen-bond acceptors (Lipinski definition) is 7. The van der Waals surface area contributed by atoms with Gasteiger partial charge in [-0.2, -0.15) is 9.49 Å². The van der Waals surface area contributed by atoms with E-state index in [0.29, 0.717) is 54.1 Å². The highest BCUT2D eigenvalue weighted by Crippen LogP contribution is 2.47. The van der Waals surface area contributed by atoms with Crippen LogP contribution >= 0.6 is 0 Å². The summed E-state index contributed by atoms with van der Waals surface area (Å²) < 4.78 is 25.4. The lowest BCUT2D eigenvalue weighted by molar-refractivity contribution is -0.120. The summed E-state index contributed by atoms with van der Waals surface area (Å²) in [5.74, 6) is -1.87. The highest BCUT2D eigenvalue weighted by atomic mass is 28.3. The molecule has 2 saturated carbocycles. The SMILES string of the molecule is CCc1c(-c2ccc(NC(=O)C(c3nnn(C(C)C)c3C(N)=O)C(C3CCCCC3)C3CCCCC3)nc2F)c(C)nn1COCC[Si](C)(C)C. The zero-order chi connectivity index (χ0) is 36.9. The van der Waals surface area contributed by atoms with Crippen LogP contribution in [-0.4, -0.2) is 56.3 Å². The van der Waals surface area contributed by atoms with Crippen LogP contribution in [0.2, 0.25) is 25.7 Å². The van der Waals surface area contributed by atoms with Crippen LogP contribution in [0, 0.1) is 30.6 Å². The molecule has 0 bridgehead atoms. The van der Waals surface area contributed by atoms with Gasteiger partial charge in [-0.15, -0.1) is 5.10 Å². The lowest BCUT2D eigenvalue weighted by Crippen LogP contribution is -2.39. The topological polar surface area (TPSA) is 143 Å². The Morgan fingerprint density at radius 1 is 1.04 bits per heavy atom. The Labute approximate surface area is 303 Å². The third-order valence-electron chi connectivity index (χ3n) is 10.9. The molecule has 51 heavy (non-hydrogen) atoms. The number of amides is 2. The number of aryl methyl sites for hydroxylation is 1.